The van der Waals surface area contributed by atoms with Crippen LogP contribution in [0.3, 0.4) is 0 Å². The number of rotatable bonds is 0. The SMILES string of the molecule is C=C1[C@@H](C)CC[C@]2(C)c3cocc3CC[C@@H]12. The number of furan rings is 1. The number of aryl methyl sites for hydroxylation is 1. The van der Waals surface area contributed by atoms with Crippen LogP contribution < -0.4 is 0 Å². The summed E-state index contributed by atoms with van der Waals surface area (Å²) in [4.78, 5) is 0. The monoisotopic (exact) mass is 216 g/mol. The van der Waals surface area contributed by atoms with Gasteiger partial charge < -0.3 is 4.42 Å². The average molecular weight is 216 g/mol. The van der Waals surface area contributed by atoms with E-state index in [0.29, 0.717) is 17.3 Å². The van der Waals surface area contributed by atoms with Crippen LogP contribution in [0.25, 0.3) is 0 Å². The maximum absolute atomic E-state index is 5.41. The third kappa shape index (κ3) is 1.17. The molecule has 0 bridgehead atoms. The van der Waals surface area contributed by atoms with Gasteiger partial charge in [0, 0.05) is 5.41 Å². The first-order valence-electron chi connectivity index (χ1n) is 6.37. The molecule has 16 heavy (non-hydrogen) atoms. The van der Waals surface area contributed by atoms with E-state index in [2.05, 4.69) is 20.4 Å². The van der Waals surface area contributed by atoms with Crippen LogP contribution in [-0.2, 0) is 11.8 Å². The van der Waals surface area contributed by atoms with Crippen LogP contribution in [0.1, 0.15) is 44.2 Å². The molecule has 0 unspecified atom stereocenters. The minimum atomic E-state index is 0.296. The van der Waals surface area contributed by atoms with Gasteiger partial charge in [0.05, 0.1) is 12.5 Å². The van der Waals surface area contributed by atoms with Gasteiger partial charge in [-0.3, -0.25) is 0 Å². The Morgan fingerprint density at radius 3 is 3.00 bits per heavy atom. The van der Waals surface area contributed by atoms with Crippen LogP contribution in [0.15, 0.2) is 29.1 Å². The zero-order valence-corrected chi connectivity index (χ0v) is 10.3. The second-order valence-electron chi connectivity index (χ2n) is 5.83. The Balaban J connectivity index is 2.07. The summed E-state index contributed by atoms with van der Waals surface area (Å²) in [5.74, 6) is 1.37. The van der Waals surface area contributed by atoms with E-state index in [0.717, 1.165) is 6.42 Å². The fourth-order valence-electron chi connectivity index (χ4n) is 3.77. The van der Waals surface area contributed by atoms with Crippen LogP contribution in [0.2, 0.25) is 0 Å². The smallest absolute Gasteiger partial charge is 0.0943 e. The summed E-state index contributed by atoms with van der Waals surface area (Å²) in [5, 5.41) is 0. The van der Waals surface area contributed by atoms with Gasteiger partial charge in [0.2, 0.25) is 0 Å². The molecular formula is C15H20O. The van der Waals surface area contributed by atoms with E-state index < -0.39 is 0 Å². The molecule has 0 radical (unpaired) electrons. The lowest BCUT2D eigenvalue weighted by atomic mass is 9.56. The minimum Gasteiger partial charge on any atom is -0.472 e. The van der Waals surface area contributed by atoms with Crippen molar-refractivity contribution in [2.24, 2.45) is 11.8 Å². The first-order chi connectivity index (χ1) is 7.63. The highest BCUT2D eigenvalue weighted by Gasteiger charge is 2.46. The Morgan fingerprint density at radius 2 is 2.19 bits per heavy atom. The Hall–Kier alpha value is -0.980. The van der Waals surface area contributed by atoms with Crippen LogP contribution in [0.4, 0.5) is 0 Å². The Labute approximate surface area is 97.5 Å². The Morgan fingerprint density at radius 1 is 1.38 bits per heavy atom. The summed E-state index contributed by atoms with van der Waals surface area (Å²) in [6, 6.07) is 0. The van der Waals surface area contributed by atoms with Gasteiger partial charge in [0.1, 0.15) is 0 Å². The third-order valence-corrected chi connectivity index (χ3v) is 5.01. The van der Waals surface area contributed by atoms with Crippen molar-refractivity contribution >= 4 is 0 Å². The van der Waals surface area contributed by atoms with Crippen molar-refractivity contribution in [1.29, 1.82) is 0 Å². The molecule has 1 heterocycles. The van der Waals surface area contributed by atoms with E-state index in [4.69, 9.17) is 4.42 Å². The maximum atomic E-state index is 5.41. The van der Waals surface area contributed by atoms with Crippen molar-refractivity contribution in [3.63, 3.8) is 0 Å². The highest BCUT2D eigenvalue weighted by atomic mass is 16.3. The molecule has 1 aromatic rings. The molecule has 0 aliphatic heterocycles. The molecule has 3 rings (SSSR count). The number of allylic oxidation sites excluding steroid dienone is 1. The zero-order chi connectivity index (χ0) is 11.3. The molecule has 0 amide bonds. The highest BCUT2D eigenvalue weighted by Crippen LogP contribution is 2.53. The zero-order valence-electron chi connectivity index (χ0n) is 10.3. The molecule has 2 aliphatic rings. The van der Waals surface area contributed by atoms with Gasteiger partial charge in [0.25, 0.3) is 0 Å². The summed E-state index contributed by atoms with van der Waals surface area (Å²) in [5.41, 5.74) is 4.66. The van der Waals surface area contributed by atoms with Crippen molar-refractivity contribution in [2.75, 3.05) is 0 Å². The molecule has 0 N–H and O–H groups in total. The molecular weight excluding hydrogens is 196 g/mol. The minimum absolute atomic E-state index is 0.296. The lowest BCUT2D eigenvalue weighted by Crippen LogP contribution is -2.42. The van der Waals surface area contributed by atoms with Gasteiger partial charge in [-0.05, 0) is 48.6 Å². The second kappa shape index (κ2) is 3.26. The molecule has 0 aromatic carbocycles. The van der Waals surface area contributed by atoms with E-state index in [1.54, 1.807) is 0 Å². The predicted molar refractivity (Wildman–Crippen MR) is 65.4 cm³/mol. The fraction of sp³-hybridized carbons (Fsp3) is 0.600. The topological polar surface area (TPSA) is 13.1 Å². The lowest BCUT2D eigenvalue weighted by Gasteiger charge is -2.48. The number of hydrogen-bond acceptors (Lipinski definition) is 1. The van der Waals surface area contributed by atoms with Gasteiger partial charge in [-0.15, -0.1) is 0 Å². The number of hydrogen-bond donors (Lipinski definition) is 0. The molecule has 1 aromatic heterocycles. The molecule has 86 valence electrons. The van der Waals surface area contributed by atoms with Gasteiger partial charge in [0.15, 0.2) is 0 Å². The average Bonchev–Trinajstić information content (AvgIpc) is 2.73. The van der Waals surface area contributed by atoms with Crippen LogP contribution in [-0.4, -0.2) is 0 Å². The molecule has 1 nitrogen and oxygen atoms in total. The van der Waals surface area contributed by atoms with Crippen molar-refractivity contribution in [3.05, 3.63) is 35.8 Å². The first-order valence-corrected chi connectivity index (χ1v) is 6.37. The quantitative estimate of drug-likeness (QED) is 0.595. The van der Waals surface area contributed by atoms with Crippen LogP contribution in [0.5, 0.6) is 0 Å². The number of fused-ring (bicyclic) bond motifs is 3. The van der Waals surface area contributed by atoms with Gasteiger partial charge >= 0.3 is 0 Å². The van der Waals surface area contributed by atoms with E-state index >= 15 is 0 Å². The van der Waals surface area contributed by atoms with Gasteiger partial charge in [-0.2, -0.15) is 0 Å². The van der Waals surface area contributed by atoms with Crippen LogP contribution in [0, 0.1) is 11.8 Å². The fourth-order valence-corrected chi connectivity index (χ4v) is 3.77. The summed E-state index contributed by atoms with van der Waals surface area (Å²) in [6.45, 7) is 9.08. The third-order valence-electron chi connectivity index (χ3n) is 5.01. The van der Waals surface area contributed by atoms with Crippen molar-refractivity contribution in [2.45, 2.75) is 44.9 Å². The van der Waals surface area contributed by atoms with Crippen molar-refractivity contribution in [3.8, 4) is 0 Å². The molecule has 1 fully saturated rings. The first kappa shape index (κ1) is 10.2. The maximum Gasteiger partial charge on any atom is 0.0943 e. The van der Waals surface area contributed by atoms with E-state index in [9.17, 15) is 0 Å². The molecule has 2 aliphatic carbocycles. The van der Waals surface area contributed by atoms with E-state index in [1.165, 1.54) is 36.0 Å². The highest BCUT2D eigenvalue weighted by molar-refractivity contribution is 5.38. The van der Waals surface area contributed by atoms with Crippen molar-refractivity contribution < 1.29 is 4.42 Å². The molecule has 1 heteroatoms. The van der Waals surface area contributed by atoms with Crippen molar-refractivity contribution in [1.82, 2.24) is 0 Å². The van der Waals surface area contributed by atoms with E-state index in [-0.39, 0.29) is 0 Å². The van der Waals surface area contributed by atoms with Crippen LogP contribution >= 0.6 is 0 Å². The standard InChI is InChI=1S/C15H20O/c1-10-6-7-15(3)13(11(10)2)5-4-12-8-16-9-14(12)15/h8-10,13H,2,4-7H2,1,3H3/t10-,13-,15-/m0/s1. The summed E-state index contributed by atoms with van der Waals surface area (Å²) >= 11 is 0. The Kier molecular flexibility index (Phi) is 2.07. The van der Waals surface area contributed by atoms with E-state index in [1.807, 2.05) is 12.5 Å². The summed E-state index contributed by atoms with van der Waals surface area (Å²) < 4.78 is 5.41. The molecule has 1 saturated carbocycles. The van der Waals surface area contributed by atoms with Gasteiger partial charge in [-0.1, -0.05) is 26.0 Å². The molecule has 3 atom stereocenters. The predicted octanol–water partition coefficient (Wildman–Crippen LogP) is 4.09. The summed E-state index contributed by atoms with van der Waals surface area (Å²) in [6.07, 6.45) is 8.90. The second-order valence-corrected chi connectivity index (χ2v) is 5.83. The Bertz CT molecular complexity index is 428. The summed E-state index contributed by atoms with van der Waals surface area (Å²) in [7, 11) is 0. The molecule has 0 spiro atoms. The normalized spacial score (nSPS) is 38.0. The van der Waals surface area contributed by atoms with Gasteiger partial charge in [-0.25, -0.2) is 0 Å². The lowest BCUT2D eigenvalue weighted by molar-refractivity contribution is 0.207. The largest absolute Gasteiger partial charge is 0.472 e. The molecule has 0 saturated heterocycles.